The molecule has 2 fully saturated rings. The molecule has 1 amide bonds. The number of hydrogen-bond donors (Lipinski definition) is 6. The zero-order valence-corrected chi connectivity index (χ0v) is 31.9. The topological polar surface area (TPSA) is 332 Å². The van der Waals surface area contributed by atoms with E-state index in [1.807, 2.05) is 0 Å². The smallest absolute Gasteiger partial charge is 0.726 e. The average Bonchev–Trinajstić information content (AvgIpc) is 2.90. The van der Waals surface area contributed by atoms with Crippen molar-refractivity contribution < 1.29 is 184 Å². The summed E-state index contributed by atoms with van der Waals surface area (Å²) in [6.45, 7) is -0.313. The van der Waals surface area contributed by atoms with E-state index in [9.17, 15) is 63.1 Å². The molecule has 0 aliphatic carbocycles. The van der Waals surface area contributed by atoms with Crippen molar-refractivity contribution >= 4 is 28.2 Å². The Kier molecular flexibility index (Phi) is 19.9. The van der Waals surface area contributed by atoms with E-state index in [4.69, 9.17) is 28.4 Å². The first-order valence-electron chi connectivity index (χ1n) is 12.2. The van der Waals surface area contributed by atoms with E-state index in [-0.39, 0.29) is 88.7 Å². The first-order chi connectivity index (χ1) is 19.9. The summed E-state index contributed by atoms with van der Waals surface area (Å²) in [6, 6.07) is -1.81. The van der Waals surface area contributed by atoms with Gasteiger partial charge in [-0.25, -0.2) is 8.42 Å². The molecule has 46 heavy (non-hydrogen) atoms. The first-order valence-corrected chi connectivity index (χ1v) is 13.5. The molecule has 2 saturated heterocycles. The standard InChI is InChI=1S/C21H31NO20S.3Na/c1-5(23)22-9-11(26)14(40-21-10(25)6(24)3-7(38-21)17(29)30)8(4-37-43(33,34)35)39-19(9)41-15-12(27)13(28)20(36-2)42-16(15)18(31)32;;;/h3,6,8-16,19-21,24-28H,4H2,1-2H3,(H,22,23)(H,29,30)(H,31,32)(H,33,34,35);;;/q;3*+1/p-3/t6-,8+,9+,10+,11+,12+,13+,14+,15-,16-,19+,20+,21-;;;/m0.../s1. The van der Waals surface area contributed by atoms with Crippen LogP contribution in [0.4, 0.5) is 0 Å². The molecule has 0 spiro atoms. The molecule has 6 N–H and O–H groups in total. The van der Waals surface area contributed by atoms with Crippen LogP contribution in [0.3, 0.4) is 0 Å². The zero-order chi connectivity index (χ0) is 32.4. The quantitative estimate of drug-likeness (QED) is 0.0657. The fourth-order valence-corrected chi connectivity index (χ4v) is 4.73. The largest absolute Gasteiger partial charge is 1.00 e. The van der Waals surface area contributed by atoms with Crippen LogP contribution in [-0.4, -0.2) is 150 Å². The molecule has 13 atom stereocenters. The minimum absolute atomic E-state index is 0. The van der Waals surface area contributed by atoms with Crippen LogP contribution in [-0.2, 0) is 57.4 Å². The predicted molar refractivity (Wildman–Crippen MR) is 120 cm³/mol. The van der Waals surface area contributed by atoms with Crippen LogP contribution in [0, 0.1) is 0 Å². The van der Waals surface area contributed by atoms with Gasteiger partial charge in [0.1, 0.15) is 72.7 Å². The predicted octanol–water partition coefficient (Wildman–Crippen LogP) is -17.6. The molecule has 0 aromatic heterocycles. The van der Waals surface area contributed by atoms with Gasteiger partial charge in [0.15, 0.2) is 12.6 Å². The van der Waals surface area contributed by atoms with E-state index >= 15 is 0 Å². The third kappa shape index (κ3) is 11.8. The van der Waals surface area contributed by atoms with Crippen molar-refractivity contribution in [3.63, 3.8) is 0 Å². The molecule has 3 aliphatic heterocycles. The van der Waals surface area contributed by atoms with E-state index in [0.29, 0.717) is 6.08 Å². The molecular weight excluding hydrogens is 687 g/mol. The molecule has 3 heterocycles. The third-order valence-corrected chi connectivity index (χ3v) is 6.83. The zero-order valence-electron chi connectivity index (χ0n) is 25.1. The van der Waals surface area contributed by atoms with Gasteiger partial charge in [0.2, 0.25) is 22.6 Å². The number of nitrogens with one attached hydrogen (secondary N) is 1. The maximum atomic E-state index is 12.0. The van der Waals surface area contributed by atoms with Gasteiger partial charge < -0.3 is 83.6 Å². The van der Waals surface area contributed by atoms with Crippen molar-refractivity contribution in [3.8, 4) is 0 Å². The number of aliphatic hydroxyl groups is 5. The first kappa shape index (κ1) is 46.4. The molecule has 0 unspecified atom stereocenters. The van der Waals surface area contributed by atoms with Crippen LogP contribution in [0.15, 0.2) is 11.8 Å². The molecule has 246 valence electrons. The normalized spacial score (nSPS) is 37.6. The number of amides is 1. The van der Waals surface area contributed by atoms with Gasteiger partial charge in [0, 0.05) is 14.0 Å². The van der Waals surface area contributed by atoms with Gasteiger partial charge in [0.25, 0.3) is 0 Å². The molecule has 25 heteroatoms. The Labute approximate surface area is 327 Å². The summed E-state index contributed by atoms with van der Waals surface area (Å²) in [5, 5.41) is 77.4. The summed E-state index contributed by atoms with van der Waals surface area (Å²) in [5.41, 5.74) is 0. The van der Waals surface area contributed by atoms with Crippen molar-refractivity contribution in [1.82, 2.24) is 5.32 Å². The number of carboxylic acids is 2. The van der Waals surface area contributed by atoms with E-state index in [1.54, 1.807) is 0 Å². The summed E-state index contributed by atoms with van der Waals surface area (Å²) in [5.74, 6) is -5.80. The number of methoxy groups -OCH3 is 1. The number of carbonyl (C=O) groups excluding carboxylic acids is 3. The van der Waals surface area contributed by atoms with E-state index in [1.165, 1.54) is 0 Å². The third-order valence-electron chi connectivity index (χ3n) is 6.41. The van der Waals surface area contributed by atoms with Gasteiger partial charge in [-0.2, -0.15) is 0 Å². The van der Waals surface area contributed by atoms with Crippen LogP contribution in [0.2, 0.25) is 0 Å². The second kappa shape index (κ2) is 19.7. The van der Waals surface area contributed by atoms with Gasteiger partial charge in [0.05, 0.1) is 12.6 Å². The summed E-state index contributed by atoms with van der Waals surface area (Å²) >= 11 is 0. The number of aliphatic hydroxyl groups excluding tert-OH is 5. The van der Waals surface area contributed by atoms with Crippen molar-refractivity contribution in [3.05, 3.63) is 11.8 Å². The van der Waals surface area contributed by atoms with Crippen molar-refractivity contribution in [2.75, 3.05) is 13.7 Å². The van der Waals surface area contributed by atoms with Crippen LogP contribution >= 0.6 is 0 Å². The molecular formula is C21H28NNa3O20S. The SMILES string of the molecule is CO[C@@H]1O[C@H](C(=O)[O-])[C@@H](O[C@H]2O[C@H](COS(=O)(=O)[O-])[C@@H](O[C@@H]3OC(C(=O)[O-])=C[C@H](O)[C@H]3O)[C@H](O)[C@H]2NC(C)=O)[C@H](O)[C@H]1O.[Na+].[Na+].[Na+]. The van der Waals surface area contributed by atoms with Crippen LogP contribution in [0.1, 0.15) is 6.92 Å². The van der Waals surface area contributed by atoms with Gasteiger partial charge in [-0.3, -0.25) is 8.98 Å². The van der Waals surface area contributed by atoms with E-state index < -0.39 is 120 Å². The van der Waals surface area contributed by atoms with E-state index in [2.05, 4.69) is 9.50 Å². The Morgan fingerprint density at radius 2 is 1.48 bits per heavy atom. The summed E-state index contributed by atoms with van der Waals surface area (Å²) in [7, 11) is -4.42. The second-order valence-electron chi connectivity index (χ2n) is 9.40. The van der Waals surface area contributed by atoms with Gasteiger partial charge in [-0.1, -0.05) is 0 Å². The Bertz CT molecular complexity index is 1180. The Balaban J connectivity index is 0.00000675. The van der Waals surface area contributed by atoms with E-state index in [0.717, 1.165) is 14.0 Å². The monoisotopic (exact) mass is 715 g/mol. The molecule has 0 saturated carbocycles. The number of ether oxygens (including phenoxy) is 6. The molecule has 3 aliphatic rings. The maximum Gasteiger partial charge on any atom is 1.00 e. The summed E-state index contributed by atoms with van der Waals surface area (Å²) in [4.78, 5) is 35.0. The molecule has 3 rings (SSSR count). The van der Waals surface area contributed by atoms with Crippen molar-refractivity contribution in [2.24, 2.45) is 0 Å². The maximum absolute atomic E-state index is 12.0. The molecule has 21 nitrogen and oxygen atoms in total. The van der Waals surface area contributed by atoms with Crippen molar-refractivity contribution in [2.45, 2.75) is 86.8 Å². The molecule has 0 bridgehead atoms. The molecule has 0 aromatic carbocycles. The summed E-state index contributed by atoms with van der Waals surface area (Å²) < 4.78 is 68.9. The fraction of sp³-hybridized carbons (Fsp3) is 0.762. The Morgan fingerprint density at radius 1 is 0.891 bits per heavy atom. The number of aliphatic carboxylic acids is 2. The number of carboxylic acid groups (broad SMARTS) is 2. The average molecular weight is 715 g/mol. The summed E-state index contributed by atoms with van der Waals surface area (Å²) in [6.07, 6.45) is -23.5. The van der Waals surface area contributed by atoms with Gasteiger partial charge in [-0.15, -0.1) is 0 Å². The Morgan fingerprint density at radius 3 is 1.98 bits per heavy atom. The van der Waals surface area contributed by atoms with Gasteiger partial charge in [-0.05, 0) is 6.08 Å². The van der Waals surface area contributed by atoms with Crippen LogP contribution in [0.5, 0.6) is 0 Å². The van der Waals surface area contributed by atoms with Crippen molar-refractivity contribution in [1.29, 1.82) is 0 Å². The number of hydrogen-bond acceptors (Lipinski definition) is 20. The fourth-order valence-electron chi connectivity index (χ4n) is 4.43. The second-order valence-corrected chi connectivity index (χ2v) is 10.5. The van der Waals surface area contributed by atoms with Gasteiger partial charge >= 0.3 is 88.7 Å². The number of carbonyl (C=O) groups is 3. The minimum atomic E-state index is -5.45. The van der Waals surface area contributed by atoms with Crippen LogP contribution in [0.25, 0.3) is 0 Å². The number of rotatable bonds is 11. The molecule has 0 radical (unpaired) electrons. The van der Waals surface area contributed by atoms with Crippen LogP contribution < -0.4 is 104 Å². The minimum Gasteiger partial charge on any atom is -0.726 e. The molecule has 0 aromatic rings. The Hall–Kier alpha value is 0.420.